The molecule has 0 fully saturated rings. The molecule has 0 saturated carbocycles. The summed E-state index contributed by atoms with van der Waals surface area (Å²) in [5, 5.41) is 14.7. The maximum Gasteiger partial charge on any atom is 0.261 e. The molecule has 0 aliphatic rings. The van der Waals surface area contributed by atoms with E-state index in [4.69, 9.17) is 44.3 Å². The number of nitrogens with one attached hydrogen (secondary N) is 2. The van der Waals surface area contributed by atoms with E-state index in [1.54, 1.807) is 30.3 Å². The third kappa shape index (κ3) is 6.62. The predicted molar refractivity (Wildman–Crippen MR) is 152 cm³/mol. The summed E-state index contributed by atoms with van der Waals surface area (Å²) in [4.78, 5) is 15.9. The molecular weight excluding hydrogens is 545 g/mol. The van der Waals surface area contributed by atoms with Gasteiger partial charge in [0.15, 0.2) is 11.5 Å². The summed E-state index contributed by atoms with van der Waals surface area (Å²) in [6, 6.07) is 18.4. The van der Waals surface area contributed by atoms with Crippen molar-refractivity contribution in [3.8, 4) is 17.6 Å². The van der Waals surface area contributed by atoms with Gasteiger partial charge in [-0.2, -0.15) is 5.26 Å². The summed E-state index contributed by atoms with van der Waals surface area (Å²) >= 11 is 18.6. The Balaban J connectivity index is 1.46. The average molecular weight is 569 g/mol. The molecule has 0 atom stereocenters. The number of aromatic nitrogens is 1. The van der Waals surface area contributed by atoms with Crippen LogP contribution in [0.4, 0.5) is 0 Å². The third-order valence-electron chi connectivity index (χ3n) is 5.73. The van der Waals surface area contributed by atoms with Crippen LogP contribution in [0.3, 0.4) is 0 Å². The van der Waals surface area contributed by atoms with Crippen molar-refractivity contribution in [2.75, 3.05) is 13.2 Å². The zero-order valence-corrected chi connectivity index (χ0v) is 22.8. The second-order valence-corrected chi connectivity index (χ2v) is 9.56. The lowest BCUT2D eigenvalue weighted by molar-refractivity contribution is -0.117. The number of fused-ring (bicyclic) bond motifs is 1. The maximum atomic E-state index is 12.7. The van der Waals surface area contributed by atoms with Crippen LogP contribution in [0.25, 0.3) is 17.0 Å². The topological polar surface area (TPSA) is 87.1 Å². The molecule has 194 valence electrons. The van der Waals surface area contributed by atoms with Gasteiger partial charge >= 0.3 is 0 Å². The lowest BCUT2D eigenvalue weighted by atomic mass is 10.1. The van der Waals surface area contributed by atoms with E-state index in [1.807, 2.05) is 43.5 Å². The SMILES string of the molecule is CCOc1cc(/C=C(/C#N)C(=O)NCCc2c[nH]c3ccccc23)cc(Cl)c1OCc1ccc(Cl)c(Cl)c1. The Morgan fingerprint density at radius 2 is 1.87 bits per heavy atom. The van der Waals surface area contributed by atoms with Crippen molar-refractivity contribution in [2.24, 2.45) is 0 Å². The van der Waals surface area contributed by atoms with Crippen LogP contribution in [-0.4, -0.2) is 24.0 Å². The Morgan fingerprint density at radius 1 is 1.05 bits per heavy atom. The number of hydrogen-bond acceptors (Lipinski definition) is 4. The summed E-state index contributed by atoms with van der Waals surface area (Å²) < 4.78 is 11.7. The Kier molecular flexibility index (Phi) is 9.19. The fourth-order valence-electron chi connectivity index (χ4n) is 3.92. The largest absolute Gasteiger partial charge is 0.490 e. The van der Waals surface area contributed by atoms with Gasteiger partial charge < -0.3 is 19.8 Å². The molecule has 38 heavy (non-hydrogen) atoms. The van der Waals surface area contributed by atoms with Crippen LogP contribution in [0.1, 0.15) is 23.6 Å². The first-order chi connectivity index (χ1) is 18.4. The smallest absolute Gasteiger partial charge is 0.261 e. The number of H-pyrrole nitrogens is 1. The van der Waals surface area contributed by atoms with Gasteiger partial charge in [0.25, 0.3) is 5.91 Å². The van der Waals surface area contributed by atoms with E-state index in [-0.39, 0.29) is 17.2 Å². The lowest BCUT2D eigenvalue weighted by Crippen LogP contribution is -2.26. The molecule has 1 aromatic heterocycles. The molecule has 6 nitrogen and oxygen atoms in total. The maximum absolute atomic E-state index is 12.7. The highest BCUT2D eigenvalue weighted by molar-refractivity contribution is 6.42. The molecule has 0 aliphatic heterocycles. The Labute approximate surface area is 235 Å². The van der Waals surface area contributed by atoms with Gasteiger partial charge in [0.1, 0.15) is 18.2 Å². The molecule has 0 unspecified atom stereocenters. The second kappa shape index (κ2) is 12.7. The van der Waals surface area contributed by atoms with Gasteiger partial charge in [0.05, 0.1) is 21.7 Å². The molecule has 0 saturated heterocycles. The van der Waals surface area contributed by atoms with Gasteiger partial charge in [-0.1, -0.05) is 59.1 Å². The molecule has 0 radical (unpaired) electrons. The van der Waals surface area contributed by atoms with E-state index >= 15 is 0 Å². The zero-order valence-electron chi connectivity index (χ0n) is 20.5. The number of benzene rings is 3. The molecule has 0 bridgehead atoms. The summed E-state index contributed by atoms with van der Waals surface area (Å²) in [6.45, 7) is 2.77. The number of halogens is 3. The van der Waals surface area contributed by atoms with E-state index < -0.39 is 5.91 Å². The first-order valence-electron chi connectivity index (χ1n) is 11.9. The Morgan fingerprint density at radius 3 is 2.63 bits per heavy atom. The third-order valence-corrected chi connectivity index (χ3v) is 6.75. The predicted octanol–water partition coefficient (Wildman–Crippen LogP) is 7.37. The number of carbonyl (C=O) groups is 1. The van der Waals surface area contributed by atoms with Crippen LogP contribution in [-0.2, 0) is 17.8 Å². The van der Waals surface area contributed by atoms with Crippen molar-refractivity contribution in [3.05, 3.63) is 98.1 Å². The molecule has 2 N–H and O–H groups in total. The van der Waals surface area contributed by atoms with Crippen LogP contribution in [0.2, 0.25) is 15.1 Å². The van der Waals surface area contributed by atoms with Gasteiger partial charge in [-0.25, -0.2) is 0 Å². The highest BCUT2D eigenvalue weighted by Gasteiger charge is 2.15. The number of hydrogen-bond donors (Lipinski definition) is 2. The minimum Gasteiger partial charge on any atom is -0.490 e. The van der Waals surface area contributed by atoms with Gasteiger partial charge in [0, 0.05) is 23.6 Å². The monoisotopic (exact) mass is 567 g/mol. The Hall–Kier alpha value is -3.63. The first-order valence-corrected chi connectivity index (χ1v) is 13.0. The average Bonchev–Trinajstić information content (AvgIpc) is 3.32. The number of nitrogens with zero attached hydrogens (tertiary/aromatic N) is 1. The molecule has 0 aliphatic carbocycles. The van der Waals surface area contributed by atoms with Gasteiger partial charge in [-0.15, -0.1) is 0 Å². The van der Waals surface area contributed by atoms with Gasteiger partial charge in [0.2, 0.25) is 0 Å². The van der Waals surface area contributed by atoms with Crippen molar-refractivity contribution in [1.82, 2.24) is 10.3 Å². The van der Waals surface area contributed by atoms with Crippen molar-refractivity contribution in [2.45, 2.75) is 20.0 Å². The molecule has 4 rings (SSSR count). The van der Waals surface area contributed by atoms with E-state index in [2.05, 4.69) is 10.3 Å². The number of nitriles is 1. The van der Waals surface area contributed by atoms with Crippen molar-refractivity contribution in [1.29, 1.82) is 5.26 Å². The summed E-state index contributed by atoms with van der Waals surface area (Å²) in [5.74, 6) is 0.267. The first kappa shape index (κ1) is 27.4. The van der Waals surface area contributed by atoms with Crippen molar-refractivity contribution in [3.63, 3.8) is 0 Å². The quantitative estimate of drug-likeness (QED) is 0.154. The van der Waals surface area contributed by atoms with Gasteiger partial charge in [-0.3, -0.25) is 4.79 Å². The zero-order chi connectivity index (χ0) is 27.1. The fraction of sp³-hybridized carbons (Fsp3) is 0.172. The molecule has 1 amide bonds. The minimum atomic E-state index is -0.471. The van der Waals surface area contributed by atoms with E-state index in [0.29, 0.717) is 46.7 Å². The summed E-state index contributed by atoms with van der Waals surface area (Å²) in [5.41, 5.74) is 3.42. The van der Waals surface area contributed by atoms with E-state index in [0.717, 1.165) is 22.0 Å². The van der Waals surface area contributed by atoms with Crippen molar-refractivity contribution < 1.29 is 14.3 Å². The minimum absolute atomic E-state index is 0.0492. The molecule has 1 heterocycles. The van der Waals surface area contributed by atoms with Crippen LogP contribution < -0.4 is 14.8 Å². The van der Waals surface area contributed by atoms with E-state index in [1.165, 1.54) is 6.08 Å². The molecule has 4 aromatic rings. The van der Waals surface area contributed by atoms with Crippen LogP contribution in [0, 0.1) is 11.3 Å². The summed E-state index contributed by atoms with van der Waals surface area (Å²) in [6.07, 6.45) is 4.03. The summed E-state index contributed by atoms with van der Waals surface area (Å²) in [7, 11) is 0. The van der Waals surface area contributed by atoms with E-state index in [9.17, 15) is 10.1 Å². The molecule has 9 heteroatoms. The van der Waals surface area contributed by atoms with Crippen LogP contribution in [0.5, 0.6) is 11.5 Å². The highest BCUT2D eigenvalue weighted by atomic mass is 35.5. The number of ether oxygens (including phenoxy) is 2. The number of carbonyl (C=O) groups excluding carboxylic acids is 1. The van der Waals surface area contributed by atoms with Gasteiger partial charge in [-0.05, 0) is 66.4 Å². The van der Waals surface area contributed by atoms with Crippen molar-refractivity contribution >= 4 is 57.7 Å². The molecule has 0 spiro atoms. The second-order valence-electron chi connectivity index (χ2n) is 8.34. The standard InChI is InChI=1S/C29H24Cl3N3O3/c1-2-37-27-14-19(13-25(32)28(27)38-17-18-7-8-23(30)24(31)12-18)11-21(15-33)29(36)34-10-9-20-16-35-26-6-4-3-5-22(20)26/h3-8,11-14,16,35H,2,9-10,17H2,1H3,(H,34,36)/b21-11-. The number of para-hydroxylation sites is 1. The van der Waals surface area contributed by atoms with Crippen LogP contribution in [0.15, 0.2) is 66.4 Å². The van der Waals surface area contributed by atoms with Crippen LogP contribution >= 0.6 is 34.8 Å². The number of rotatable bonds is 10. The lowest BCUT2D eigenvalue weighted by Gasteiger charge is -2.15. The number of aromatic amines is 1. The fourth-order valence-corrected chi connectivity index (χ4v) is 4.51. The number of amides is 1. The molecule has 3 aromatic carbocycles. The molecular formula is C29H24Cl3N3O3. The Bertz CT molecular complexity index is 1540. The normalized spacial score (nSPS) is 11.3. The highest BCUT2D eigenvalue weighted by Crippen LogP contribution is 2.38.